The van der Waals surface area contributed by atoms with Crippen molar-refractivity contribution in [2.24, 2.45) is 5.41 Å². The number of carboxylic acids is 1. The van der Waals surface area contributed by atoms with Gasteiger partial charge in [0.05, 0.1) is 18.8 Å². The second-order valence-corrected chi connectivity index (χ2v) is 7.18. The molecule has 24 heavy (non-hydrogen) atoms. The zero-order chi connectivity index (χ0) is 18.0. The van der Waals surface area contributed by atoms with E-state index in [0.717, 1.165) is 19.4 Å². The molecule has 0 bridgehead atoms. The van der Waals surface area contributed by atoms with Crippen molar-refractivity contribution in [2.45, 2.75) is 70.8 Å². The third kappa shape index (κ3) is 3.43. The summed E-state index contributed by atoms with van der Waals surface area (Å²) >= 11 is 0. The summed E-state index contributed by atoms with van der Waals surface area (Å²) in [6.07, 6.45) is 1.29. The van der Waals surface area contributed by atoms with Gasteiger partial charge in [-0.25, -0.2) is 4.79 Å². The molecule has 0 aromatic rings. The Balaban J connectivity index is 1.95. The summed E-state index contributed by atoms with van der Waals surface area (Å²) in [5.74, 6) is -1.46. The minimum Gasteiger partial charge on any atom is -0.479 e. The molecule has 138 valence electrons. The van der Waals surface area contributed by atoms with Crippen molar-refractivity contribution < 1.29 is 28.9 Å². The first kappa shape index (κ1) is 19.1. The Morgan fingerprint density at radius 1 is 1.42 bits per heavy atom. The number of carbonyl (C=O) groups is 2. The van der Waals surface area contributed by atoms with Crippen LogP contribution in [0.1, 0.15) is 47.0 Å². The molecule has 1 aliphatic carbocycles. The first-order valence-corrected chi connectivity index (χ1v) is 8.65. The van der Waals surface area contributed by atoms with Gasteiger partial charge in [0.25, 0.3) is 0 Å². The van der Waals surface area contributed by atoms with Crippen molar-refractivity contribution in [3.63, 3.8) is 0 Å². The predicted molar refractivity (Wildman–Crippen MR) is 86.7 cm³/mol. The van der Waals surface area contributed by atoms with Gasteiger partial charge in [-0.15, -0.1) is 0 Å². The quantitative estimate of drug-likeness (QED) is 0.691. The normalized spacial score (nSPS) is 32.8. The highest BCUT2D eigenvalue weighted by molar-refractivity contribution is 5.91. The molecule has 1 saturated heterocycles. The molecular formula is C17H29NO6. The Morgan fingerprint density at radius 2 is 2.12 bits per heavy atom. The lowest BCUT2D eigenvalue weighted by Crippen LogP contribution is -2.76. The highest BCUT2D eigenvalue weighted by atomic mass is 16.5. The van der Waals surface area contributed by atoms with Crippen LogP contribution in [0.15, 0.2) is 0 Å². The number of carboxylic acid groups (broad SMARTS) is 1. The summed E-state index contributed by atoms with van der Waals surface area (Å²) in [5, 5.41) is 12.4. The SMILES string of the molecule is CCOC1CC(NC(=O)C(C)OCC2CCCO2)(C(=O)O)C1(C)C. The predicted octanol–water partition coefficient (Wildman–Crippen LogP) is 1.35. The van der Waals surface area contributed by atoms with E-state index in [4.69, 9.17) is 14.2 Å². The van der Waals surface area contributed by atoms with Gasteiger partial charge in [-0.3, -0.25) is 4.79 Å². The first-order valence-electron chi connectivity index (χ1n) is 8.65. The van der Waals surface area contributed by atoms with Gasteiger partial charge in [0.1, 0.15) is 11.6 Å². The Hall–Kier alpha value is -1.18. The number of amides is 1. The summed E-state index contributed by atoms with van der Waals surface area (Å²) in [7, 11) is 0. The third-order valence-corrected chi connectivity index (χ3v) is 5.39. The molecule has 0 aromatic heterocycles. The Kier molecular flexibility index (Phi) is 5.88. The topological polar surface area (TPSA) is 94.1 Å². The number of rotatable bonds is 8. The van der Waals surface area contributed by atoms with E-state index in [9.17, 15) is 14.7 Å². The fraction of sp³-hybridized carbons (Fsp3) is 0.882. The molecule has 1 amide bonds. The lowest BCUT2D eigenvalue weighted by atomic mass is 9.54. The molecule has 0 aromatic carbocycles. The minimum absolute atomic E-state index is 0.0242. The van der Waals surface area contributed by atoms with Crippen LogP contribution in [-0.2, 0) is 23.8 Å². The minimum atomic E-state index is -1.33. The zero-order valence-corrected chi connectivity index (χ0v) is 15.0. The van der Waals surface area contributed by atoms with Crippen LogP contribution < -0.4 is 5.32 Å². The fourth-order valence-corrected chi connectivity index (χ4v) is 3.45. The second-order valence-electron chi connectivity index (χ2n) is 7.18. The van der Waals surface area contributed by atoms with E-state index in [2.05, 4.69) is 5.32 Å². The van der Waals surface area contributed by atoms with Gasteiger partial charge in [0, 0.05) is 25.0 Å². The van der Waals surface area contributed by atoms with Crippen molar-refractivity contribution in [3.05, 3.63) is 0 Å². The van der Waals surface area contributed by atoms with Crippen LogP contribution in [0, 0.1) is 5.41 Å². The van der Waals surface area contributed by atoms with E-state index < -0.39 is 28.9 Å². The van der Waals surface area contributed by atoms with Gasteiger partial charge in [0.15, 0.2) is 0 Å². The number of hydrogen-bond donors (Lipinski definition) is 2. The van der Waals surface area contributed by atoms with Crippen molar-refractivity contribution >= 4 is 11.9 Å². The number of carbonyl (C=O) groups excluding carboxylic acids is 1. The highest BCUT2D eigenvalue weighted by Crippen LogP contribution is 2.51. The maximum absolute atomic E-state index is 12.4. The molecule has 7 heteroatoms. The van der Waals surface area contributed by atoms with Crippen LogP contribution in [0.2, 0.25) is 0 Å². The molecule has 1 heterocycles. The summed E-state index contributed by atoms with van der Waals surface area (Å²) in [6.45, 7) is 8.70. The molecule has 2 aliphatic rings. The van der Waals surface area contributed by atoms with Crippen molar-refractivity contribution in [1.82, 2.24) is 5.32 Å². The van der Waals surface area contributed by atoms with Crippen LogP contribution in [-0.4, -0.2) is 60.7 Å². The van der Waals surface area contributed by atoms with Gasteiger partial charge in [-0.2, -0.15) is 0 Å². The zero-order valence-electron chi connectivity index (χ0n) is 15.0. The van der Waals surface area contributed by atoms with E-state index in [1.54, 1.807) is 6.92 Å². The van der Waals surface area contributed by atoms with Crippen LogP contribution >= 0.6 is 0 Å². The fourth-order valence-electron chi connectivity index (χ4n) is 3.45. The average Bonchev–Trinajstić information content (AvgIpc) is 3.04. The van der Waals surface area contributed by atoms with Crippen molar-refractivity contribution in [1.29, 1.82) is 0 Å². The van der Waals surface area contributed by atoms with Gasteiger partial charge in [-0.1, -0.05) is 13.8 Å². The third-order valence-electron chi connectivity index (χ3n) is 5.39. The van der Waals surface area contributed by atoms with Crippen molar-refractivity contribution in [3.8, 4) is 0 Å². The number of hydrogen-bond acceptors (Lipinski definition) is 5. The monoisotopic (exact) mass is 343 g/mol. The van der Waals surface area contributed by atoms with Gasteiger partial charge in [-0.05, 0) is 26.7 Å². The Morgan fingerprint density at radius 3 is 2.62 bits per heavy atom. The Bertz CT molecular complexity index is 474. The summed E-state index contributed by atoms with van der Waals surface area (Å²) in [4.78, 5) is 24.3. The maximum atomic E-state index is 12.4. The van der Waals surface area contributed by atoms with Gasteiger partial charge >= 0.3 is 5.97 Å². The van der Waals surface area contributed by atoms with E-state index in [0.29, 0.717) is 13.2 Å². The molecule has 7 nitrogen and oxygen atoms in total. The highest BCUT2D eigenvalue weighted by Gasteiger charge is 2.66. The molecule has 0 radical (unpaired) electrons. The largest absolute Gasteiger partial charge is 0.479 e. The molecule has 0 spiro atoms. The number of aliphatic carboxylic acids is 1. The molecule has 1 aliphatic heterocycles. The lowest BCUT2D eigenvalue weighted by molar-refractivity contribution is -0.196. The molecule has 1 saturated carbocycles. The van der Waals surface area contributed by atoms with E-state index in [1.165, 1.54) is 0 Å². The summed E-state index contributed by atoms with van der Waals surface area (Å²) < 4.78 is 16.6. The van der Waals surface area contributed by atoms with Crippen LogP contribution in [0.3, 0.4) is 0 Å². The van der Waals surface area contributed by atoms with Crippen molar-refractivity contribution in [2.75, 3.05) is 19.8 Å². The standard InChI is InChI=1S/C17H29NO6/c1-5-22-13-9-17(15(20)21,16(13,3)4)18-14(19)11(2)24-10-12-7-6-8-23-12/h11-13H,5-10H2,1-4H3,(H,18,19)(H,20,21). The molecule has 4 unspecified atom stereocenters. The van der Waals surface area contributed by atoms with Crippen LogP contribution in [0.25, 0.3) is 0 Å². The molecule has 2 N–H and O–H groups in total. The smallest absolute Gasteiger partial charge is 0.330 e. The molecule has 2 rings (SSSR count). The molecular weight excluding hydrogens is 314 g/mol. The van der Waals surface area contributed by atoms with Gasteiger partial charge in [0.2, 0.25) is 5.91 Å². The van der Waals surface area contributed by atoms with E-state index >= 15 is 0 Å². The van der Waals surface area contributed by atoms with E-state index in [1.807, 2.05) is 20.8 Å². The second kappa shape index (κ2) is 7.37. The number of nitrogens with one attached hydrogen (secondary N) is 1. The Labute approximate surface area is 143 Å². The first-order chi connectivity index (χ1) is 11.2. The summed E-state index contributed by atoms with van der Waals surface area (Å²) in [6, 6.07) is 0. The summed E-state index contributed by atoms with van der Waals surface area (Å²) in [5.41, 5.74) is -2.02. The van der Waals surface area contributed by atoms with Crippen LogP contribution in [0.4, 0.5) is 0 Å². The lowest BCUT2D eigenvalue weighted by Gasteiger charge is -2.58. The van der Waals surface area contributed by atoms with Crippen LogP contribution in [0.5, 0.6) is 0 Å². The van der Waals surface area contributed by atoms with Gasteiger partial charge < -0.3 is 24.6 Å². The van der Waals surface area contributed by atoms with E-state index in [-0.39, 0.29) is 18.6 Å². The molecule has 4 atom stereocenters. The molecule has 2 fully saturated rings. The number of ether oxygens (including phenoxy) is 3. The average molecular weight is 343 g/mol. The maximum Gasteiger partial charge on any atom is 0.330 e.